The van der Waals surface area contributed by atoms with Crippen LogP contribution in [0, 0.1) is 12.3 Å². The predicted molar refractivity (Wildman–Crippen MR) is 47.9 cm³/mol. The van der Waals surface area contributed by atoms with Gasteiger partial charge in [-0.05, 0) is 6.42 Å². The van der Waals surface area contributed by atoms with Crippen molar-refractivity contribution in [3.63, 3.8) is 0 Å². The average molecular weight is 194 g/mol. The van der Waals surface area contributed by atoms with Gasteiger partial charge in [0.2, 0.25) is 0 Å². The van der Waals surface area contributed by atoms with Crippen LogP contribution >= 0.6 is 0 Å². The van der Waals surface area contributed by atoms with Crippen LogP contribution in [0.1, 0.15) is 19.8 Å². The van der Waals surface area contributed by atoms with E-state index in [1.165, 1.54) is 0 Å². The van der Waals surface area contributed by atoms with Gasteiger partial charge in [-0.3, -0.25) is 14.9 Å². The van der Waals surface area contributed by atoms with Crippen molar-refractivity contribution in [3.8, 4) is 12.3 Å². The lowest BCUT2D eigenvalue weighted by Gasteiger charge is -2.18. The van der Waals surface area contributed by atoms with Gasteiger partial charge in [-0.1, -0.05) is 19.3 Å². The third kappa shape index (κ3) is 1.59. The number of nitrogens with zero attached hydrogens (tertiary/aromatic N) is 1. The number of rotatable bonds is 3. The quantitative estimate of drug-likeness (QED) is 0.386. The summed E-state index contributed by atoms with van der Waals surface area (Å²) in [7, 11) is 0. The molecule has 1 heterocycles. The number of hydrogen-bond donors (Lipinski definition) is 1. The van der Waals surface area contributed by atoms with Gasteiger partial charge >= 0.3 is 17.8 Å². The molecule has 5 nitrogen and oxygen atoms in total. The van der Waals surface area contributed by atoms with Gasteiger partial charge in [0.1, 0.15) is 6.04 Å². The summed E-state index contributed by atoms with van der Waals surface area (Å²) in [5, 5.41) is 1.89. The minimum absolute atomic E-state index is 0.503. The van der Waals surface area contributed by atoms with E-state index >= 15 is 0 Å². The standard InChI is InChI=1S/C9H10N2O3/c1-3-5-6(4-2)11-8(13)7(12)10-9(11)14/h2,6H,3,5H2,1H3,(H,10,12,14). The average Bonchev–Trinajstić information content (AvgIpc) is 2.39. The molecular formula is C9H10N2O3. The molecule has 0 spiro atoms. The van der Waals surface area contributed by atoms with Crippen LogP contribution in [0.2, 0.25) is 0 Å². The van der Waals surface area contributed by atoms with E-state index in [9.17, 15) is 14.4 Å². The number of urea groups is 1. The van der Waals surface area contributed by atoms with Crippen molar-refractivity contribution in [2.75, 3.05) is 0 Å². The molecule has 4 amide bonds. The van der Waals surface area contributed by atoms with E-state index in [1.54, 1.807) is 0 Å². The Bertz CT molecular complexity index is 329. The normalized spacial score (nSPS) is 18.0. The second-order valence-corrected chi connectivity index (χ2v) is 2.91. The summed E-state index contributed by atoms with van der Waals surface area (Å²) in [6, 6.07) is -1.35. The highest BCUT2D eigenvalue weighted by molar-refractivity contribution is 6.45. The highest BCUT2D eigenvalue weighted by atomic mass is 16.2. The van der Waals surface area contributed by atoms with Crippen LogP contribution in [-0.2, 0) is 9.59 Å². The lowest BCUT2D eigenvalue weighted by Crippen LogP contribution is -2.39. The van der Waals surface area contributed by atoms with Crippen LogP contribution in [0.4, 0.5) is 4.79 Å². The summed E-state index contributed by atoms with van der Waals surface area (Å²) < 4.78 is 0. The Hall–Kier alpha value is -1.83. The minimum Gasteiger partial charge on any atom is -0.269 e. The topological polar surface area (TPSA) is 66.5 Å². The zero-order valence-corrected chi connectivity index (χ0v) is 7.74. The van der Waals surface area contributed by atoms with Gasteiger partial charge in [0.25, 0.3) is 0 Å². The molecule has 74 valence electrons. The molecule has 1 atom stereocenters. The molecular weight excluding hydrogens is 184 g/mol. The largest absolute Gasteiger partial charge is 0.332 e. The maximum Gasteiger partial charge on any atom is 0.332 e. The summed E-state index contributed by atoms with van der Waals surface area (Å²) >= 11 is 0. The van der Waals surface area contributed by atoms with Gasteiger partial charge in [0.05, 0.1) is 0 Å². The first-order chi connectivity index (χ1) is 6.61. The van der Waals surface area contributed by atoms with Gasteiger partial charge in [-0.15, -0.1) is 6.42 Å². The summed E-state index contributed by atoms with van der Waals surface area (Å²) in [4.78, 5) is 34.0. The minimum atomic E-state index is -0.911. The predicted octanol–water partition coefficient (Wildman–Crippen LogP) is -0.133. The summed E-state index contributed by atoms with van der Waals surface area (Å²) in [6.07, 6.45) is 6.41. The lowest BCUT2D eigenvalue weighted by atomic mass is 10.1. The number of terminal acetylenes is 1. The molecule has 1 aliphatic rings. The van der Waals surface area contributed by atoms with Gasteiger partial charge < -0.3 is 0 Å². The Morgan fingerprint density at radius 3 is 2.50 bits per heavy atom. The van der Waals surface area contributed by atoms with Gasteiger partial charge in [-0.2, -0.15) is 0 Å². The van der Waals surface area contributed by atoms with E-state index in [2.05, 4.69) is 5.92 Å². The van der Waals surface area contributed by atoms with Gasteiger partial charge in [0, 0.05) is 0 Å². The number of nitrogens with one attached hydrogen (secondary N) is 1. The maximum absolute atomic E-state index is 11.2. The molecule has 1 fully saturated rings. The monoisotopic (exact) mass is 194 g/mol. The molecule has 0 bridgehead atoms. The van der Waals surface area contributed by atoms with Crippen molar-refractivity contribution in [2.45, 2.75) is 25.8 Å². The van der Waals surface area contributed by atoms with Crippen molar-refractivity contribution in [2.24, 2.45) is 0 Å². The van der Waals surface area contributed by atoms with Gasteiger partial charge in [0.15, 0.2) is 0 Å². The molecule has 1 aliphatic heterocycles. The van der Waals surface area contributed by atoms with Crippen molar-refractivity contribution < 1.29 is 14.4 Å². The van der Waals surface area contributed by atoms with E-state index in [0.29, 0.717) is 6.42 Å². The van der Waals surface area contributed by atoms with Crippen molar-refractivity contribution in [1.82, 2.24) is 10.2 Å². The highest BCUT2D eigenvalue weighted by Crippen LogP contribution is 2.11. The number of hydrogen-bond acceptors (Lipinski definition) is 3. The number of amides is 4. The molecule has 0 aromatic carbocycles. The molecule has 1 N–H and O–H groups in total. The number of carbonyl (C=O) groups excluding carboxylic acids is 3. The molecule has 1 saturated heterocycles. The Kier molecular flexibility index (Phi) is 2.87. The van der Waals surface area contributed by atoms with Crippen molar-refractivity contribution >= 4 is 17.8 Å². The Morgan fingerprint density at radius 2 is 2.14 bits per heavy atom. The Labute approximate surface area is 81.4 Å². The molecule has 5 heteroatoms. The lowest BCUT2D eigenvalue weighted by molar-refractivity contribution is -0.140. The Balaban J connectivity index is 2.86. The maximum atomic E-state index is 11.2. The Morgan fingerprint density at radius 1 is 1.50 bits per heavy atom. The number of carbonyl (C=O) groups is 3. The summed E-state index contributed by atoms with van der Waals surface area (Å²) in [5.41, 5.74) is 0. The fraction of sp³-hybridized carbons (Fsp3) is 0.444. The number of imide groups is 2. The van der Waals surface area contributed by atoms with E-state index in [-0.39, 0.29) is 0 Å². The van der Waals surface area contributed by atoms with Crippen LogP contribution in [-0.4, -0.2) is 28.8 Å². The fourth-order valence-electron chi connectivity index (χ4n) is 1.26. The SMILES string of the molecule is C#CC(CCC)N1C(=O)NC(=O)C1=O. The van der Waals surface area contributed by atoms with Crippen LogP contribution in [0.15, 0.2) is 0 Å². The van der Waals surface area contributed by atoms with Crippen LogP contribution < -0.4 is 5.32 Å². The summed E-state index contributed by atoms with van der Waals surface area (Å²) in [6.45, 7) is 1.88. The molecule has 0 aromatic rings. The van der Waals surface area contributed by atoms with Crippen LogP contribution in [0.3, 0.4) is 0 Å². The molecule has 1 rings (SSSR count). The molecule has 0 aromatic heterocycles. The smallest absolute Gasteiger partial charge is 0.269 e. The van der Waals surface area contributed by atoms with Crippen molar-refractivity contribution in [1.29, 1.82) is 0 Å². The van der Waals surface area contributed by atoms with E-state index in [0.717, 1.165) is 11.3 Å². The molecule has 0 aliphatic carbocycles. The highest BCUT2D eigenvalue weighted by Gasteiger charge is 2.40. The molecule has 14 heavy (non-hydrogen) atoms. The first kappa shape index (κ1) is 10.3. The second-order valence-electron chi connectivity index (χ2n) is 2.91. The molecule has 0 saturated carbocycles. The molecule has 1 unspecified atom stereocenters. The third-order valence-corrected chi connectivity index (χ3v) is 1.92. The van der Waals surface area contributed by atoms with Gasteiger partial charge in [-0.25, -0.2) is 9.69 Å². The van der Waals surface area contributed by atoms with E-state index in [4.69, 9.17) is 6.42 Å². The van der Waals surface area contributed by atoms with Crippen molar-refractivity contribution in [3.05, 3.63) is 0 Å². The summed E-state index contributed by atoms with van der Waals surface area (Å²) in [5.74, 6) is 0.538. The third-order valence-electron chi connectivity index (χ3n) is 1.92. The van der Waals surface area contributed by atoms with E-state index < -0.39 is 23.9 Å². The van der Waals surface area contributed by atoms with Crippen LogP contribution in [0.25, 0.3) is 0 Å². The van der Waals surface area contributed by atoms with E-state index in [1.807, 2.05) is 12.2 Å². The zero-order chi connectivity index (χ0) is 10.7. The fourth-order valence-corrected chi connectivity index (χ4v) is 1.26. The van der Waals surface area contributed by atoms with Crippen LogP contribution in [0.5, 0.6) is 0 Å². The second kappa shape index (κ2) is 3.92. The zero-order valence-electron chi connectivity index (χ0n) is 7.74. The molecule has 0 radical (unpaired) electrons. The first-order valence-electron chi connectivity index (χ1n) is 4.26. The first-order valence-corrected chi connectivity index (χ1v) is 4.26.